The normalized spacial score (nSPS) is 15.5. The minimum Gasteiger partial charge on any atom is -0.335 e. The first kappa shape index (κ1) is 15.6. The van der Waals surface area contributed by atoms with E-state index in [1.165, 1.54) is 19.3 Å². The topological polar surface area (TPSA) is 74.0 Å². The Morgan fingerprint density at radius 1 is 1.22 bits per heavy atom. The van der Waals surface area contributed by atoms with Crippen molar-refractivity contribution >= 4 is 16.9 Å². The Labute approximate surface area is 135 Å². The van der Waals surface area contributed by atoms with E-state index in [4.69, 9.17) is 0 Å². The zero-order chi connectivity index (χ0) is 16.2. The molecule has 1 aliphatic rings. The Morgan fingerprint density at radius 2 is 2.00 bits per heavy atom. The molecule has 0 bridgehead atoms. The lowest BCUT2D eigenvalue weighted by Gasteiger charge is -2.22. The fourth-order valence-corrected chi connectivity index (χ4v) is 3.14. The van der Waals surface area contributed by atoms with Crippen LogP contribution >= 0.6 is 0 Å². The summed E-state index contributed by atoms with van der Waals surface area (Å²) >= 11 is 0. The third kappa shape index (κ3) is 3.92. The maximum Gasteiger partial charge on any atom is 0.315 e. The maximum absolute atomic E-state index is 12.0. The van der Waals surface area contributed by atoms with Crippen LogP contribution in [0.4, 0.5) is 4.79 Å². The molecule has 0 aliphatic heterocycles. The second-order valence-electron chi connectivity index (χ2n) is 6.37. The number of nitrogens with one attached hydrogen (secondary N) is 3. The highest BCUT2D eigenvalue weighted by Crippen LogP contribution is 2.17. The first-order valence-corrected chi connectivity index (χ1v) is 8.29. The number of pyridine rings is 1. The van der Waals surface area contributed by atoms with Gasteiger partial charge in [0.2, 0.25) is 0 Å². The Kier molecular flexibility index (Phi) is 4.65. The highest BCUT2D eigenvalue weighted by atomic mass is 16.2. The molecule has 1 aromatic heterocycles. The summed E-state index contributed by atoms with van der Waals surface area (Å²) in [7, 11) is 0. The van der Waals surface area contributed by atoms with E-state index in [1.807, 2.05) is 24.3 Å². The van der Waals surface area contributed by atoms with Crippen LogP contribution in [0.5, 0.6) is 0 Å². The van der Waals surface area contributed by atoms with E-state index in [1.54, 1.807) is 6.92 Å². The third-order valence-electron chi connectivity index (χ3n) is 4.49. The summed E-state index contributed by atoms with van der Waals surface area (Å²) in [5.41, 5.74) is 2.46. The second-order valence-corrected chi connectivity index (χ2v) is 6.37. The van der Waals surface area contributed by atoms with E-state index in [0.717, 1.165) is 29.3 Å². The number of hydrogen-bond acceptors (Lipinski definition) is 2. The molecule has 0 unspecified atom stereocenters. The molecular weight excluding hydrogens is 290 g/mol. The number of carbonyl (C=O) groups is 1. The first-order valence-electron chi connectivity index (χ1n) is 8.29. The van der Waals surface area contributed by atoms with Crippen LogP contribution < -0.4 is 16.2 Å². The Morgan fingerprint density at radius 3 is 2.78 bits per heavy atom. The van der Waals surface area contributed by atoms with Crippen molar-refractivity contribution in [3.05, 3.63) is 45.7 Å². The van der Waals surface area contributed by atoms with Crippen molar-refractivity contribution in [3.8, 4) is 0 Å². The number of fused-ring (bicyclic) bond motifs is 1. The van der Waals surface area contributed by atoms with Gasteiger partial charge in [0.05, 0.1) is 0 Å². The molecular formula is C18H23N3O2. The summed E-state index contributed by atoms with van der Waals surface area (Å²) < 4.78 is 0. The van der Waals surface area contributed by atoms with Crippen LogP contribution in [0.2, 0.25) is 0 Å². The minimum absolute atomic E-state index is 0.0600. The van der Waals surface area contributed by atoms with Gasteiger partial charge in [0.25, 0.3) is 5.56 Å². The molecule has 0 atom stereocenters. The predicted octanol–water partition coefficient (Wildman–Crippen LogP) is 2.97. The molecule has 3 rings (SSSR count). The van der Waals surface area contributed by atoms with Crippen molar-refractivity contribution in [3.63, 3.8) is 0 Å². The lowest BCUT2D eigenvalue weighted by atomic mass is 9.96. The molecule has 3 N–H and O–H groups in total. The van der Waals surface area contributed by atoms with Crippen LogP contribution in [-0.4, -0.2) is 17.1 Å². The van der Waals surface area contributed by atoms with E-state index < -0.39 is 0 Å². The molecule has 1 aromatic carbocycles. The van der Waals surface area contributed by atoms with Crippen LogP contribution in [0.1, 0.15) is 43.2 Å². The molecule has 0 saturated heterocycles. The molecule has 1 saturated carbocycles. The average Bonchev–Trinajstić information content (AvgIpc) is 2.55. The van der Waals surface area contributed by atoms with Gasteiger partial charge in [-0.15, -0.1) is 0 Å². The number of aromatic nitrogens is 1. The highest BCUT2D eigenvalue weighted by Gasteiger charge is 2.15. The summed E-state index contributed by atoms with van der Waals surface area (Å²) in [4.78, 5) is 26.4. The fraction of sp³-hybridized carbons (Fsp3) is 0.444. The summed E-state index contributed by atoms with van der Waals surface area (Å²) in [5, 5.41) is 6.94. The molecule has 0 spiro atoms. The van der Waals surface area contributed by atoms with Crippen molar-refractivity contribution in [1.29, 1.82) is 0 Å². The lowest BCUT2D eigenvalue weighted by Crippen LogP contribution is -2.42. The molecule has 1 heterocycles. The molecule has 0 radical (unpaired) electrons. The standard InChI is InChI=1S/C18H23N3O2/c1-12-9-14-10-13(7-8-16(14)21-17(12)22)11-19-18(23)20-15-5-3-2-4-6-15/h7-10,15H,2-6,11H2,1H3,(H,21,22)(H2,19,20,23). The van der Waals surface area contributed by atoms with Crippen LogP contribution in [0.3, 0.4) is 0 Å². The molecule has 2 aromatic rings. The van der Waals surface area contributed by atoms with E-state index in [-0.39, 0.29) is 11.6 Å². The smallest absolute Gasteiger partial charge is 0.315 e. The van der Waals surface area contributed by atoms with Gasteiger partial charge in [0.15, 0.2) is 0 Å². The number of H-pyrrole nitrogens is 1. The monoisotopic (exact) mass is 313 g/mol. The molecule has 5 heteroatoms. The SMILES string of the molecule is Cc1cc2cc(CNC(=O)NC3CCCCC3)ccc2[nH]c1=O. The number of carbonyl (C=O) groups excluding carboxylic acids is 1. The zero-order valence-electron chi connectivity index (χ0n) is 13.4. The lowest BCUT2D eigenvalue weighted by molar-refractivity contribution is 0.232. The number of amides is 2. The zero-order valence-corrected chi connectivity index (χ0v) is 13.4. The summed E-state index contributed by atoms with van der Waals surface area (Å²) in [6, 6.07) is 7.89. The number of hydrogen-bond donors (Lipinski definition) is 3. The average molecular weight is 313 g/mol. The number of aryl methyl sites for hydroxylation is 1. The summed E-state index contributed by atoms with van der Waals surface area (Å²) in [6.45, 7) is 2.27. The van der Waals surface area contributed by atoms with Gasteiger partial charge in [-0.3, -0.25) is 4.79 Å². The first-order chi connectivity index (χ1) is 11.1. The molecule has 122 valence electrons. The molecule has 5 nitrogen and oxygen atoms in total. The van der Waals surface area contributed by atoms with Gasteiger partial charge in [-0.2, -0.15) is 0 Å². The fourth-order valence-electron chi connectivity index (χ4n) is 3.14. The van der Waals surface area contributed by atoms with Crippen LogP contribution in [0.25, 0.3) is 10.9 Å². The van der Waals surface area contributed by atoms with Crippen LogP contribution in [0.15, 0.2) is 29.1 Å². The maximum atomic E-state index is 12.0. The molecule has 1 fully saturated rings. The van der Waals surface area contributed by atoms with Gasteiger partial charge in [-0.05, 0) is 48.9 Å². The summed E-state index contributed by atoms with van der Waals surface area (Å²) in [5.74, 6) is 0. The Bertz CT molecular complexity index is 760. The van der Waals surface area contributed by atoms with E-state index >= 15 is 0 Å². The van der Waals surface area contributed by atoms with Gasteiger partial charge >= 0.3 is 6.03 Å². The van der Waals surface area contributed by atoms with Crippen molar-refractivity contribution in [2.24, 2.45) is 0 Å². The summed E-state index contributed by atoms with van der Waals surface area (Å²) in [6.07, 6.45) is 5.84. The van der Waals surface area contributed by atoms with E-state index in [9.17, 15) is 9.59 Å². The Hall–Kier alpha value is -2.30. The van der Waals surface area contributed by atoms with Gasteiger partial charge < -0.3 is 15.6 Å². The van der Waals surface area contributed by atoms with Crippen molar-refractivity contribution in [2.75, 3.05) is 0 Å². The molecule has 23 heavy (non-hydrogen) atoms. The quantitative estimate of drug-likeness (QED) is 0.815. The third-order valence-corrected chi connectivity index (χ3v) is 4.49. The second kappa shape index (κ2) is 6.86. The van der Waals surface area contributed by atoms with Crippen LogP contribution in [-0.2, 0) is 6.54 Å². The van der Waals surface area contributed by atoms with Crippen molar-refractivity contribution in [1.82, 2.24) is 15.6 Å². The van der Waals surface area contributed by atoms with Crippen LogP contribution in [0, 0.1) is 6.92 Å². The largest absolute Gasteiger partial charge is 0.335 e. The van der Waals surface area contributed by atoms with Crippen molar-refractivity contribution in [2.45, 2.75) is 51.6 Å². The predicted molar refractivity (Wildman–Crippen MR) is 91.6 cm³/mol. The number of aromatic amines is 1. The number of rotatable bonds is 3. The van der Waals surface area contributed by atoms with E-state index in [2.05, 4.69) is 15.6 Å². The molecule has 1 aliphatic carbocycles. The number of urea groups is 1. The minimum atomic E-state index is -0.102. The van der Waals surface area contributed by atoms with Gasteiger partial charge in [-0.1, -0.05) is 25.3 Å². The highest BCUT2D eigenvalue weighted by molar-refractivity contribution is 5.80. The van der Waals surface area contributed by atoms with Gasteiger partial charge in [0, 0.05) is 23.7 Å². The van der Waals surface area contributed by atoms with Gasteiger partial charge in [0.1, 0.15) is 0 Å². The number of benzene rings is 1. The van der Waals surface area contributed by atoms with E-state index in [0.29, 0.717) is 18.2 Å². The molecule has 2 amide bonds. The Balaban J connectivity index is 1.61. The van der Waals surface area contributed by atoms with Crippen molar-refractivity contribution < 1.29 is 4.79 Å². The van der Waals surface area contributed by atoms with Gasteiger partial charge in [-0.25, -0.2) is 4.79 Å².